The third-order valence-corrected chi connectivity index (χ3v) is 5.20. The molecular formula is C27H25NO5. The van der Waals surface area contributed by atoms with Crippen LogP contribution in [-0.2, 0) is 27.3 Å². The highest BCUT2D eigenvalue weighted by Gasteiger charge is 2.22. The molecule has 1 amide bonds. The number of carbonyl (C=O) groups is 2. The van der Waals surface area contributed by atoms with Crippen LogP contribution in [0.2, 0.25) is 0 Å². The van der Waals surface area contributed by atoms with Gasteiger partial charge in [-0.15, -0.1) is 0 Å². The Hall–Kier alpha value is -3.90. The molecule has 0 fully saturated rings. The predicted octanol–water partition coefficient (Wildman–Crippen LogP) is 5.36. The van der Waals surface area contributed by atoms with E-state index in [1.165, 1.54) is 0 Å². The van der Waals surface area contributed by atoms with Crippen LogP contribution in [0.1, 0.15) is 34.2 Å². The summed E-state index contributed by atoms with van der Waals surface area (Å²) in [5.74, 6) is -1.07. The van der Waals surface area contributed by atoms with Gasteiger partial charge in [-0.2, -0.15) is 0 Å². The van der Waals surface area contributed by atoms with Crippen LogP contribution in [0.15, 0.2) is 83.3 Å². The Morgan fingerprint density at radius 1 is 0.909 bits per heavy atom. The van der Waals surface area contributed by atoms with Crippen molar-refractivity contribution in [1.82, 2.24) is 0 Å². The number of rotatable bonds is 9. The summed E-state index contributed by atoms with van der Waals surface area (Å²) in [6.45, 7) is 2.17. The van der Waals surface area contributed by atoms with Crippen LogP contribution in [-0.4, -0.2) is 25.1 Å². The van der Waals surface area contributed by atoms with Crippen molar-refractivity contribution in [3.05, 3.63) is 101 Å². The Morgan fingerprint density at radius 2 is 1.64 bits per heavy atom. The van der Waals surface area contributed by atoms with E-state index < -0.39 is 18.5 Å². The molecule has 0 saturated heterocycles. The number of anilines is 1. The molecule has 0 saturated carbocycles. The monoisotopic (exact) mass is 443 g/mol. The van der Waals surface area contributed by atoms with E-state index in [2.05, 4.69) is 5.32 Å². The number of ether oxygens (including phenoxy) is 2. The molecule has 4 aromatic rings. The summed E-state index contributed by atoms with van der Waals surface area (Å²) >= 11 is 0. The smallest absolute Gasteiger partial charge is 0.375 e. The largest absolute Gasteiger partial charge is 0.450 e. The molecule has 3 aromatic carbocycles. The quantitative estimate of drug-likeness (QED) is 0.353. The Morgan fingerprint density at radius 3 is 2.45 bits per heavy atom. The molecule has 1 aromatic heterocycles. The number of esters is 1. The van der Waals surface area contributed by atoms with Crippen LogP contribution in [0.4, 0.5) is 5.69 Å². The summed E-state index contributed by atoms with van der Waals surface area (Å²) in [4.78, 5) is 25.3. The number of furan rings is 1. The van der Waals surface area contributed by atoms with Gasteiger partial charge in [-0.05, 0) is 36.6 Å². The molecule has 0 bridgehead atoms. The molecule has 4 rings (SSSR count). The van der Waals surface area contributed by atoms with Gasteiger partial charge >= 0.3 is 5.97 Å². The van der Waals surface area contributed by atoms with Gasteiger partial charge in [0.1, 0.15) is 5.58 Å². The minimum Gasteiger partial charge on any atom is -0.450 e. The number of hydrogen-bond acceptors (Lipinski definition) is 5. The molecule has 0 spiro atoms. The zero-order valence-corrected chi connectivity index (χ0v) is 18.4. The van der Waals surface area contributed by atoms with Crippen LogP contribution in [0, 0.1) is 0 Å². The molecule has 0 aliphatic rings. The fourth-order valence-electron chi connectivity index (χ4n) is 3.61. The fraction of sp³-hybridized carbons (Fsp3) is 0.185. The van der Waals surface area contributed by atoms with Crippen LogP contribution in [0.5, 0.6) is 0 Å². The highest BCUT2D eigenvalue weighted by molar-refractivity contribution is 5.98. The maximum atomic E-state index is 12.7. The number of carbonyl (C=O) groups excluding carboxylic acids is 2. The number of para-hydroxylation sites is 2. The van der Waals surface area contributed by atoms with E-state index in [1.54, 1.807) is 6.07 Å². The lowest BCUT2D eigenvalue weighted by molar-refractivity contribution is -0.119. The Kier molecular flexibility index (Phi) is 7.17. The van der Waals surface area contributed by atoms with Gasteiger partial charge in [-0.1, -0.05) is 66.7 Å². The van der Waals surface area contributed by atoms with Crippen molar-refractivity contribution >= 4 is 28.5 Å². The molecule has 0 aliphatic heterocycles. The van der Waals surface area contributed by atoms with E-state index in [0.29, 0.717) is 29.9 Å². The third kappa shape index (κ3) is 5.48. The molecule has 1 heterocycles. The van der Waals surface area contributed by atoms with E-state index in [-0.39, 0.29) is 12.4 Å². The second-order valence-corrected chi connectivity index (χ2v) is 7.49. The summed E-state index contributed by atoms with van der Waals surface area (Å²) in [5.41, 5.74) is 3.98. The lowest BCUT2D eigenvalue weighted by atomic mass is 10.0. The summed E-state index contributed by atoms with van der Waals surface area (Å²) in [6, 6.07) is 24.9. The van der Waals surface area contributed by atoms with Crippen molar-refractivity contribution in [2.24, 2.45) is 0 Å². The van der Waals surface area contributed by atoms with Gasteiger partial charge in [0.15, 0.2) is 6.61 Å². The van der Waals surface area contributed by atoms with Crippen molar-refractivity contribution in [2.45, 2.75) is 20.0 Å². The zero-order chi connectivity index (χ0) is 23.0. The van der Waals surface area contributed by atoms with E-state index in [4.69, 9.17) is 13.9 Å². The first-order valence-corrected chi connectivity index (χ1v) is 10.8. The maximum absolute atomic E-state index is 12.7. The number of benzene rings is 3. The normalized spacial score (nSPS) is 10.8. The highest BCUT2D eigenvalue weighted by Crippen LogP contribution is 2.27. The molecule has 0 radical (unpaired) electrons. The van der Waals surface area contributed by atoms with Gasteiger partial charge in [0, 0.05) is 23.2 Å². The van der Waals surface area contributed by atoms with Gasteiger partial charge in [0.05, 0.1) is 6.61 Å². The van der Waals surface area contributed by atoms with E-state index in [1.807, 2.05) is 79.7 Å². The van der Waals surface area contributed by atoms with Crippen molar-refractivity contribution in [3.63, 3.8) is 0 Å². The van der Waals surface area contributed by atoms with E-state index in [9.17, 15) is 9.59 Å². The molecular weight excluding hydrogens is 418 g/mol. The average molecular weight is 443 g/mol. The van der Waals surface area contributed by atoms with E-state index >= 15 is 0 Å². The second kappa shape index (κ2) is 10.6. The summed E-state index contributed by atoms with van der Waals surface area (Å²) in [5, 5.41) is 3.63. The molecule has 0 atom stereocenters. The van der Waals surface area contributed by atoms with Crippen molar-refractivity contribution < 1.29 is 23.5 Å². The first-order valence-electron chi connectivity index (χ1n) is 10.8. The van der Waals surface area contributed by atoms with Gasteiger partial charge in [0.2, 0.25) is 5.76 Å². The van der Waals surface area contributed by atoms with Crippen molar-refractivity contribution in [2.75, 3.05) is 18.5 Å². The molecule has 1 N–H and O–H groups in total. The van der Waals surface area contributed by atoms with Gasteiger partial charge in [0.25, 0.3) is 5.91 Å². The molecule has 6 nitrogen and oxygen atoms in total. The number of nitrogens with one attached hydrogen (secondary N) is 1. The van der Waals surface area contributed by atoms with Crippen LogP contribution in [0.25, 0.3) is 11.0 Å². The van der Waals surface area contributed by atoms with E-state index in [0.717, 1.165) is 16.5 Å². The second-order valence-electron chi connectivity index (χ2n) is 7.49. The fourth-order valence-corrected chi connectivity index (χ4v) is 3.61. The molecule has 0 aliphatic carbocycles. The van der Waals surface area contributed by atoms with Crippen molar-refractivity contribution in [1.29, 1.82) is 0 Å². The molecule has 168 valence electrons. The van der Waals surface area contributed by atoms with Gasteiger partial charge < -0.3 is 19.2 Å². The maximum Gasteiger partial charge on any atom is 0.375 e. The Balaban J connectivity index is 1.42. The standard InChI is InChI=1S/C27H25NO5/c1-2-31-17-22-21-13-7-9-15-24(21)33-26(22)27(30)32-18-25(29)28-23-14-8-6-12-20(23)16-19-10-4-3-5-11-19/h3-15H,2,16-18H2,1H3,(H,28,29). The van der Waals surface area contributed by atoms with Crippen molar-refractivity contribution in [3.8, 4) is 0 Å². The third-order valence-electron chi connectivity index (χ3n) is 5.20. The highest BCUT2D eigenvalue weighted by atomic mass is 16.5. The number of hydrogen-bond donors (Lipinski definition) is 1. The molecule has 6 heteroatoms. The number of fused-ring (bicyclic) bond motifs is 1. The van der Waals surface area contributed by atoms with Crippen LogP contribution < -0.4 is 5.32 Å². The SMILES string of the molecule is CCOCc1c(C(=O)OCC(=O)Nc2ccccc2Cc2ccccc2)oc2ccccc12. The molecule has 0 unspecified atom stereocenters. The summed E-state index contributed by atoms with van der Waals surface area (Å²) in [7, 11) is 0. The van der Waals surface area contributed by atoms with Gasteiger partial charge in [-0.3, -0.25) is 4.79 Å². The summed E-state index contributed by atoms with van der Waals surface area (Å²) in [6.07, 6.45) is 0.677. The average Bonchev–Trinajstić information content (AvgIpc) is 3.22. The topological polar surface area (TPSA) is 77.8 Å². The number of amides is 1. The molecule has 33 heavy (non-hydrogen) atoms. The minimum absolute atomic E-state index is 0.0573. The van der Waals surface area contributed by atoms with Crippen LogP contribution >= 0.6 is 0 Å². The lowest BCUT2D eigenvalue weighted by Gasteiger charge is -2.11. The summed E-state index contributed by atoms with van der Waals surface area (Å²) < 4.78 is 16.5. The first-order chi connectivity index (χ1) is 16.2. The van der Waals surface area contributed by atoms with Gasteiger partial charge in [-0.25, -0.2) is 4.79 Å². The lowest BCUT2D eigenvalue weighted by Crippen LogP contribution is -2.22. The first kappa shape index (κ1) is 22.3. The predicted molar refractivity (Wildman–Crippen MR) is 126 cm³/mol. The Labute approximate surface area is 192 Å². The minimum atomic E-state index is -0.700. The zero-order valence-electron chi connectivity index (χ0n) is 18.4. The van der Waals surface area contributed by atoms with Crippen LogP contribution in [0.3, 0.4) is 0 Å². The Bertz CT molecular complexity index is 1250.